The van der Waals surface area contributed by atoms with Crippen molar-refractivity contribution in [2.75, 3.05) is 5.73 Å². The molecule has 0 saturated heterocycles. The van der Waals surface area contributed by atoms with Crippen molar-refractivity contribution in [2.45, 2.75) is 32.0 Å². The van der Waals surface area contributed by atoms with Gasteiger partial charge < -0.3 is 16.4 Å². The SMILES string of the molecule is Cc1cccc(CNC(=O)N[C@@H](Cc2ccccc2)C2=NC(c3ccc4c(N)n[nH]c4c3)C(Cl)=N2)c1. The highest BCUT2D eigenvalue weighted by Crippen LogP contribution is 2.30. The average Bonchev–Trinajstić information content (AvgIpc) is 3.45. The number of H-pyrrole nitrogens is 1. The Kier molecular flexibility index (Phi) is 6.69. The summed E-state index contributed by atoms with van der Waals surface area (Å²) in [5.74, 6) is 0.916. The summed E-state index contributed by atoms with van der Waals surface area (Å²) in [6, 6.07) is 22.4. The minimum absolute atomic E-state index is 0.302. The minimum atomic E-state index is -0.467. The zero-order chi connectivity index (χ0) is 25.1. The van der Waals surface area contributed by atoms with Crippen LogP contribution in [-0.4, -0.2) is 33.3 Å². The first-order valence-corrected chi connectivity index (χ1v) is 12.0. The van der Waals surface area contributed by atoms with Crippen LogP contribution in [0.5, 0.6) is 0 Å². The molecule has 1 unspecified atom stereocenters. The second-order valence-electron chi connectivity index (χ2n) is 8.80. The molecular weight excluding hydrogens is 474 g/mol. The van der Waals surface area contributed by atoms with Crippen molar-refractivity contribution in [3.8, 4) is 0 Å². The predicted octanol–water partition coefficient (Wildman–Crippen LogP) is 4.65. The van der Waals surface area contributed by atoms with E-state index < -0.39 is 12.1 Å². The zero-order valence-electron chi connectivity index (χ0n) is 19.7. The minimum Gasteiger partial charge on any atom is -0.382 e. The summed E-state index contributed by atoms with van der Waals surface area (Å²) in [5, 5.41) is 14.1. The number of halogens is 1. The van der Waals surface area contributed by atoms with Gasteiger partial charge in [-0.3, -0.25) is 10.1 Å². The fraction of sp³-hybridized carbons (Fsp3) is 0.185. The monoisotopic (exact) mass is 499 g/mol. The molecule has 8 nitrogen and oxygen atoms in total. The molecule has 1 aliphatic rings. The number of fused-ring (bicyclic) bond motifs is 1. The summed E-state index contributed by atoms with van der Waals surface area (Å²) in [6.07, 6.45) is 0.522. The van der Waals surface area contributed by atoms with Gasteiger partial charge in [-0.1, -0.05) is 77.8 Å². The molecule has 36 heavy (non-hydrogen) atoms. The van der Waals surface area contributed by atoms with E-state index in [4.69, 9.17) is 22.3 Å². The van der Waals surface area contributed by atoms with Crippen molar-refractivity contribution in [1.82, 2.24) is 20.8 Å². The zero-order valence-corrected chi connectivity index (χ0v) is 20.5. The molecule has 0 fully saturated rings. The van der Waals surface area contributed by atoms with E-state index >= 15 is 0 Å². The summed E-state index contributed by atoms with van der Waals surface area (Å²) in [4.78, 5) is 22.2. The normalized spacial score (nSPS) is 15.9. The van der Waals surface area contributed by atoms with Crippen molar-refractivity contribution in [1.29, 1.82) is 0 Å². The van der Waals surface area contributed by atoms with E-state index in [-0.39, 0.29) is 6.03 Å². The molecule has 0 spiro atoms. The number of nitrogens with one attached hydrogen (secondary N) is 3. The van der Waals surface area contributed by atoms with E-state index in [1.165, 1.54) is 0 Å². The van der Waals surface area contributed by atoms with Gasteiger partial charge in [0.25, 0.3) is 0 Å². The number of hydrogen-bond donors (Lipinski definition) is 4. The number of aromatic nitrogens is 2. The van der Waals surface area contributed by atoms with Gasteiger partial charge in [0.2, 0.25) is 0 Å². The first-order chi connectivity index (χ1) is 17.5. The molecule has 182 valence electrons. The van der Waals surface area contributed by atoms with E-state index in [0.29, 0.717) is 29.8 Å². The van der Waals surface area contributed by atoms with Crippen molar-refractivity contribution in [3.63, 3.8) is 0 Å². The van der Waals surface area contributed by atoms with Crippen molar-refractivity contribution >= 4 is 45.4 Å². The number of aryl methyl sites for hydroxylation is 1. The summed E-state index contributed by atoms with van der Waals surface area (Å²) < 4.78 is 0. The Hall–Kier alpha value is -4.17. The maximum absolute atomic E-state index is 12.9. The average molecular weight is 500 g/mol. The fourth-order valence-electron chi connectivity index (χ4n) is 4.26. The molecule has 2 amide bonds. The Balaban J connectivity index is 1.36. The molecule has 0 radical (unpaired) electrons. The third-order valence-electron chi connectivity index (χ3n) is 6.08. The molecule has 1 aliphatic heterocycles. The van der Waals surface area contributed by atoms with Gasteiger partial charge in [0.15, 0.2) is 5.82 Å². The standard InChI is InChI=1S/C27H26ClN7O/c1-16-6-5-9-18(12-16)15-30-27(36)31-22(13-17-7-3-2-4-8-17)26-32-23(24(28)33-26)19-10-11-20-21(14-19)34-35-25(20)29/h2-12,14,22-23H,13,15H2,1H3,(H3,29,34,35)(H2,30,31,36)/t22-,23?/m0/s1. The first-order valence-electron chi connectivity index (χ1n) is 11.7. The lowest BCUT2D eigenvalue weighted by Crippen LogP contribution is -2.46. The molecule has 0 bridgehead atoms. The van der Waals surface area contributed by atoms with Crippen LogP contribution in [0.15, 0.2) is 82.8 Å². The smallest absolute Gasteiger partial charge is 0.315 e. The van der Waals surface area contributed by atoms with E-state index in [1.54, 1.807) is 0 Å². The van der Waals surface area contributed by atoms with Gasteiger partial charge in [0.05, 0.1) is 11.6 Å². The second-order valence-corrected chi connectivity index (χ2v) is 9.18. The van der Waals surface area contributed by atoms with Crippen molar-refractivity contribution in [2.24, 2.45) is 9.98 Å². The molecule has 4 aromatic rings. The topological polar surface area (TPSA) is 121 Å². The number of nitrogens with zero attached hydrogens (tertiary/aromatic N) is 3. The van der Waals surface area contributed by atoms with Gasteiger partial charge in [0.1, 0.15) is 17.0 Å². The Morgan fingerprint density at radius 1 is 1.08 bits per heavy atom. The molecule has 5 N–H and O–H groups in total. The predicted molar refractivity (Wildman–Crippen MR) is 144 cm³/mol. The summed E-state index contributed by atoms with van der Waals surface area (Å²) in [5.41, 5.74) is 10.8. The van der Waals surface area contributed by atoms with Crippen LogP contribution >= 0.6 is 11.6 Å². The quantitative estimate of drug-likeness (QED) is 0.296. The summed E-state index contributed by atoms with van der Waals surface area (Å²) >= 11 is 6.56. The van der Waals surface area contributed by atoms with Crippen LogP contribution in [0.4, 0.5) is 10.6 Å². The van der Waals surface area contributed by atoms with Crippen LogP contribution in [0.25, 0.3) is 10.9 Å². The van der Waals surface area contributed by atoms with Crippen LogP contribution in [0.2, 0.25) is 0 Å². The van der Waals surface area contributed by atoms with Gasteiger partial charge in [-0.05, 0) is 35.7 Å². The lowest BCUT2D eigenvalue weighted by atomic mass is 10.0. The van der Waals surface area contributed by atoms with Crippen LogP contribution in [-0.2, 0) is 13.0 Å². The lowest BCUT2D eigenvalue weighted by Gasteiger charge is -2.18. The molecule has 5 rings (SSSR count). The summed E-state index contributed by atoms with van der Waals surface area (Å²) in [7, 11) is 0. The molecule has 9 heteroatoms. The Bertz CT molecular complexity index is 1460. The molecule has 2 heterocycles. The number of benzene rings is 3. The van der Waals surface area contributed by atoms with Crippen LogP contribution in [0.1, 0.15) is 28.3 Å². The number of carbonyl (C=O) groups is 1. The third-order valence-corrected chi connectivity index (χ3v) is 6.37. The van der Waals surface area contributed by atoms with Crippen LogP contribution in [0.3, 0.4) is 0 Å². The number of aromatic amines is 1. The number of hydrogen-bond acceptors (Lipinski definition) is 5. The summed E-state index contributed by atoms with van der Waals surface area (Å²) in [6.45, 7) is 2.44. The Morgan fingerprint density at radius 3 is 2.69 bits per heavy atom. The fourth-order valence-corrected chi connectivity index (χ4v) is 4.53. The van der Waals surface area contributed by atoms with Gasteiger partial charge in [-0.15, -0.1) is 0 Å². The maximum Gasteiger partial charge on any atom is 0.315 e. The molecule has 2 atom stereocenters. The van der Waals surface area contributed by atoms with E-state index in [2.05, 4.69) is 25.8 Å². The number of nitrogen functional groups attached to an aromatic ring is 1. The highest BCUT2D eigenvalue weighted by molar-refractivity contribution is 6.68. The highest BCUT2D eigenvalue weighted by Gasteiger charge is 2.29. The largest absolute Gasteiger partial charge is 0.382 e. The molecule has 1 aromatic heterocycles. The van der Waals surface area contributed by atoms with Gasteiger partial charge in [0, 0.05) is 18.4 Å². The number of carbonyl (C=O) groups excluding carboxylic acids is 1. The lowest BCUT2D eigenvalue weighted by molar-refractivity contribution is 0.239. The van der Waals surface area contributed by atoms with Gasteiger partial charge in [-0.2, -0.15) is 5.10 Å². The van der Waals surface area contributed by atoms with Crippen LogP contribution < -0.4 is 16.4 Å². The number of amidine groups is 1. The number of amides is 2. The van der Waals surface area contributed by atoms with E-state index in [1.807, 2.05) is 79.7 Å². The van der Waals surface area contributed by atoms with Gasteiger partial charge in [-0.25, -0.2) is 9.79 Å². The van der Waals surface area contributed by atoms with Gasteiger partial charge >= 0.3 is 6.03 Å². The Labute approximate surface area is 213 Å². The van der Waals surface area contributed by atoms with E-state index in [0.717, 1.165) is 33.2 Å². The molecule has 0 saturated carbocycles. The molecule has 3 aromatic carbocycles. The van der Waals surface area contributed by atoms with Crippen LogP contribution in [0, 0.1) is 6.92 Å². The number of aliphatic imine (C=N–C) groups is 2. The number of anilines is 1. The highest BCUT2D eigenvalue weighted by atomic mass is 35.5. The van der Waals surface area contributed by atoms with E-state index in [9.17, 15) is 4.79 Å². The number of urea groups is 1. The number of nitrogens with two attached hydrogens (primary N) is 1. The maximum atomic E-state index is 12.9. The van der Waals surface area contributed by atoms with Crippen molar-refractivity contribution in [3.05, 3.63) is 95.1 Å². The molecule has 0 aliphatic carbocycles. The number of rotatable bonds is 7. The second kappa shape index (κ2) is 10.2. The van der Waals surface area contributed by atoms with Crippen molar-refractivity contribution < 1.29 is 4.79 Å². The first kappa shape index (κ1) is 23.6. The molecular formula is C27H26ClN7O. The Morgan fingerprint density at radius 2 is 1.89 bits per heavy atom. The third kappa shape index (κ3) is 5.23.